The van der Waals surface area contributed by atoms with E-state index in [1.54, 1.807) is 4.68 Å². The Hall–Kier alpha value is -1.95. The van der Waals surface area contributed by atoms with Gasteiger partial charge in [0.1, 0.15) is 0 Å². The first-order valence-corrected chi connectivity index (χ1v) is 8.80. The summed E-state index contributed by atoms with van der Waals surface area (Å²) in [6.07, 6.45) is 4.49. The molecule has 1 aliphatic carbocycles. The summed E-state index contributed by atoms with van der Waals surface area (Å²) in [7, 11) is 1.91. The molecule has 2 aromatic rings. The molecule has 4 unspecified atom stereocenters. The zero-order valence-corrected chi connectivity index (χ0v) is 14.6. The molecule has 1 saturated carbocycles. The molecular formula is C18H25N5O. The third-order valence-corrected chi connectivity index (χ3v) is 5.59. The first kappa shape index (κ1) is 15.6. The van der Waals surface area contributed by atoms with Crippen LogP contribution in [-0.2, 0) is 7.05 Å². The van der Waals surface area contributed by atoms with Crippen molar-refractivity contribution in [3.63, 3.8) is 0 Å². The highest BCUT2D eigenvalue weighted by Gasteiger charge is 2.41. The minimum absolute atomic E-state index is 0.614. The van der Waals surface area contributed by atoms with E-state index in [9.17, 15) is 0 Å². The van der Waals surface area contributed by atoms with E-state index in [2.05, 4.69) is 27.5 Å². The normalized spacial score (nSPS) is 29.0. The monoisotopic (exact) mass is 327 g/mol. The molecule has 4 rings (SSSR count). The second-order valence-electron chi connectivity index (χ2n) is 7.33. The van der Waals surface area contributed by atoms with E-state index in [1.165, 1.54) is 19.4 Å². The van der Waals surface area contributed by atoms with Crippen molar-refractivity contribution in [3.8, 4) is 17.1 Å². The highest BCUT2D eigenvalue weighted by atomic mass is 16.5. The minimum Gasteiger partial charge on any atom is -0.476 e. The van der Waals surface area contributed by atoms with Crippen LogP contribution < -0.4 is 10.1 Å². The van der Waals surface area contributed by atoms with Crippen LogP contribution in [0.3, 0.4) is 0 Å². The van der Waals surface area contributed by atoms with Gasteiger partial charge in [-0.25, -0.2) is 0 Å². The summed E-state index contributed by atoms with van der Waals surface area (Å²) in [6, 6.07) is 4.53. The molecule has 2 aliphatic rings. The Morgan fingerprint density at radius 3 is 2.83 bits per heavy atom. The van der Waals surface area contributed by atoms with Crippen LogP contribution in [0.1, 0.15) is 25.5 Å². The number of hydrogen-bond donors (Lipinski definition) is 1. The second kappa shape index (κ2) is 6.16. The SMILES string of the molecule is Cc1nn(C)cc1-c1ccc(OCC2CC3CNC(C)C3C2)nn1. The van der Waals surface area contributed by atoms with Crippen molar-refractivity contribution in [2.75, 3.05) is 13.2 Å². The molecule has 0 aromatic carbocycles. The Balaban J connectivity index is 1.35. The molecule has 6 heteroatoms. The molecule has 6 nitrogen and oxygen atoms in total. The molecule has 1 N–H and O–H groups in total. The van der Waals surface area contributed by atoms with E-state index in [1.807, 2.05) is 32.3 Å². The molecule has 2 aromatic heterocycles. The van der Waals surface area contributed by atoms with Gasteiger partial charge in [0.15, 0.2) is 0 Å². The quantitative estimate of drug-likeness (QED) is 0.932. The summed E-state index contributed by atoms with van der Waals surface area (Å²) in [5.74, 6) is 2.91. The fourth-order valence-corrected chi connectivity index (χ4v) is 4.34. The highest BCUT2D eigenvalue weighted by Crippen LogP contribution is 2.41. The van der Waals surface area contributed by atoms with Gasteiger partial charge in [-0.2, -0.15) is 5.10 Å². The lowest BCUT2D eigenvalue weighted by molar-refractivity contribution is 0.232. The molecule has 0 bridgehead atoms. The maximum Gasteiger partial charge on any atom is 0.233 e. The molecule has 0 radical (unpaired) electrons. The number of ether oxygens (including phenoxy) is 1. The van der Waals surface area contributed by atoms with Crippen LogP contribution in [-0.4, -0.2) is 39.2 Å². The number of fused-ring (bicyclic) bond motifs is 1. The predicted molar refractivity (Wildman–Crippen MR) is 91.6 cm³/mol. The number of nitrogens with one attached hydrogen (secondary N) is 1. The molecule has 24 heavy (non-hydrogen) atoms. The van der Waals surface area contributed by atoms with Crippen LogP contribution >= 0.6 is 0 Å². The first-order chi connectivity index (χ1) is 11.6. The molecule has 0 amide bonds. The topological polar surface area (TPSA) is 64.9 Å². The van der Waals surface area contributed by atoms with Gasteiger partial charge >= 0.3 is 0 Å². The minimum atomic E-state index is 0.614. The van der Waals surface area contributed by atoms with Crippen molar-refractivity contribution in [2.24, 2.45) is 24.8 Å². The van der Waals surface area contributed by atoms with Crippen LogP contribution in [0.4, 0.5) is 0 Å². The van der Waals surface area contributed by atoms with E-state index in [0.29, 0.717) is 17.8 Å². The van der Waals surface area contributed by atoms with Gasteiger partial charge in [0.05, 0.1) is 18.0 Å². The number of aromatic nitrogens is 4. The van der Waals surface area contributed by atoms with Gasteiger partial charge < -0.3 is 10.1 Å². The van der Waals surface area contributed by atoms with Gasteiger partial charge in [-0.05, 0) is 57.1 Å². The Bertz CT molecular complexity index is 711. The van der Waals surface area contributed by atoms with E-state index < -0.39 is 0 Å². The average Bonchev–Trinajstić information content (AvgIpc) is 3.22. The Morgan fingerprint density at radius 1 is 1.29 bits per heavy atom. The van der Waals surface area contributed by atoms with Crippen LogP contribution in [0, 0.1) is 24.7 Å². The lowest BCUT2D eigenvalue weighted by Crippen LogP contribution is -2.24. The van der Waals surface area contributed by atoms with Crippen molar-refractivity contribution in [2.45, 2.75) is 32.7 Å². The predicted octanol–water partition coefficient (Wildman–Crippen LogP) is 2.20. The van der Waals surface area contributed by atoms with Gasteiger partial charge in [-0.3, -0.25) is 4.68 Å². The van der Waals surface area contributed by atoms with E-state index in [0.717, 1.165) is 35.4 Å². The van der Waals surface area contributed by atoms with Gasteiger partial charge in [0, 0.05) is 30.9 Å². The summed E-state index contributed by atoms with van der Waals surface area (Å²) in [4.78, 5) is 0. The fraction of sp³-hybridized carbons (Fsp3) is 0.611. The van der Waals surface area contributed by atoms with Crippen molar-refractivity contribution >= 4 is 0 Å². The van der Waals surface area contributed by atoms with Crippen molar-refractivity contribution in [1.82, 2.24) is 25.3 Å². The molecule has 1 aliphatic heterocycles. The summed E-state index contributed by atoms with van der Waals surface area (Å²) >= 11 is 0. The molecule has 1 saturated heterocycles. The summed E-state index contributed by atoms with van der Waals surface area (Å²) in [6.45, 7) is 6.20. The zero-order valence-electron chi connectivity index (χ0n) is 14.6. The molecule has 4 atom stereocenters. The number of nitrogens with zero attached hydrogens (tertiary/aromatic N) is 4. The Kier molecular flexibility index (Phi) is 4.00. The largest absolute Gasteiger partial charge is 0.476 e. The standard InChI is InChI=1S/C18H25N5O/c1-11-15-7-13(6-14(15)8-19-11)10-24-18-5-4-17(20-21-18)16-9-23(3)22-12(16)2/h4-5,9,11,13-15,19H,6-8,10H2,1-3H3. The Morgan fingerprint density at radius 2 is 2.17 bits per heavy atom. The maximum atomic E-state index is 5.90. The highest BCUT2D eigenvalue weighted by molar-refractivity contribution is 5.60. The first-order valence-electron chi connectivity index (χ1n) is 8.80. The van der Waals surface area contributed by atoms with Gasteiger partial charge in [-0.1, -0.05) is 0 Å². The third kappa shape index (κ3) is 2.90. The lowest BCUT2D eigenvalue weighted by atomic mass is 9.95. The Labute approximate surface area is 142 Å². The molecule has 0 spiro atoms. The molecular weight excluding hydrogens is 302 g/mol. The summed E-state index contributed by atoms with van der Waals surface area (Å²) < 4.78 is 7.70. The maximum absolute atomic E-state index is 5.90. The number of rotatable bonds is 4. The van der Waals surface area contributed by atoms with Crippen molar-refractivity contribution in [3.05, 3.63) is 24.0 Å². The van der Waals surface area contributed by atoms with E-state index in [-0.39, 0.29) is 0 Å². The third-order valence-electron chi connectivity index (χ3n) is 5.59. The average molecular weight is 327 g/mol. The lowest BCUT2D eigenvalue weighted by Gasteiger charge is -2.15. The summed E-state index contributed by atoms with van der Waals surface area (Å²) in [5.41, 5.74) is 2.81. The molecule has 3 heterocycles. The number of hydrogen-bond acceptors (Lipinski definition) is 5. The van der Waals surface area contributed by atoms with Crippen LogP contribution in [0.15, 0.2) is 18.3 Å². The van der Waals surface area contributed by atoms with E-state index >= 15 is 0 Å². The number of aryl methyl sites for hydroxylation is 2. The summed E-state index contributed by atoms with van der Waals surface area (Å²) in [5, 5.41) is 16.4. The van der Waals surface area contributed by atoms with Crippen LogP contribution in [0.2, 0.25) is 0 Å². The molecule has 2 fully saturated rings. The van der Waals surface area contributed by atoms with Gasteiger partial charge in [0.25, 0.3) is 0 Å². The van der Waals surface area contributed by atoms with Crippen molar-refractivity contribution < 1.29 is 4.74 Å². The van der Waals surface area contributed by atoms with E-state index in [4.69, 9.17) is 4.74 Å². The molecule has 128 valence electrons. The van der Waals surface area contributed by atoms with Crippen molar-refractivity contribution in [1.29, 1.82) is 0 Å². The van der Waals surface area contributed by atoms with Gasteiger partial charge in [-0.15, -0.1) is 10.2 Å². The fourth-order valence-electron chi connectivity index (χ4n) is 4.34. The smallest absolute Gasteiger partial charge is 0.233 e. The van der Waals surface area contributed by atoms with Crippen LogP contribution in [0.5, 0.6) is 5.88 Å². The second-order valence-corrected chi connectivity index (χ2v) is 7.33. The van der Waals surface area contributed by atoms with Gasteiger partial charge in [0.2, 0.25) is 5.88 Å². The zero-order chi connectivity index (χ0) is 16.7. The van der Waals surface area contributed by atoms with Crippen LogP contribution in [0.25, 0.3) is 11.3 Å².